The first-order valence-electron chi connectivity index (χ1n) is 5.90. The molecule has 4 nitrogen and oxygen atoms in total. The number of carboxylic acid groups (broad SMARTS) is 1. The van der Waals surface area contributed by atoms with Crippen molar-refractivity contribution in [2.45, 2.75) is 17.7 Å². The lowest BCUT2D eigenvalue weighted by Crippen LogP contribution is -2.00. The number of carbonyl (C=O) groups is 1. The fourth-order valence-corrected chi connectivity index (χ4v) is 2.50. The second-order valence-electron chi connectivity index (χ2n) is 4.21. The van der Waals surface area contributed by atoms with E-state index in [1.165, 1.54) is 29.5 Å². The molecule has 20 heavy (non-hydrogen) atoms. The molecule has 5 heteroatoms. The summed E-state index contributed by atoms with van der Waals surface area (Å²) in [4.78, 5) is 18.3. The van der Waals surface area contributed by atoms with E-state index in [0.717, 1.165) is 5.56 Å². The van der Waals surface area contributed by atoms with Gasteiger partial charge in [0, 0.05) is 5.75 Å². The molecule has 1 heterocycles. The van der Waals surface area contributed by atoms with Gasteiger partial charge in [0.05, 0.1) is 6.57 Å². The number of carboxylic acids is 1. The van der Waals surface area contributed by atoms with Crippen LogP contribution in [0.25, 0.3) is 4.85 Å². The van der Waals surface area contributed by atoms with E-state index in [0.29, 0.717) is 16.5 Å². The van der Waals surface area contributed by atoms with Crippen molar-refractivity contribution in [1.82, 2.24) is 4.98 Å². The first-order valence-corrected chi connectivity index (χ1v) is 6.89. The zero-order chi connectivity index (χ0) is 14.5. The number of hydrogen-bond acceptors (Lipinski definition) is 3. The van der Waals surface area contributed by atoms with Crippen molar-refractivity contribution >= 4 is 23.4 Å². The summed E-state index contributed by atoms with van der Waals surface area (Å²) in [7, 11) is 0. The van der Waals surface area contributed by atoms with E-state index in [-0.39, 0.29) is 5.69 Å². The number of aryl methyl sites for hydroxylation is 1. The molecular weight excluding hydrogens is 272 g/mol. The zero-order valence-corrected chi connectivity index (χ0v) is 11.6. The Hall–Kier alpha value is -2.32. The van der Waals surface area contributed by atoms with Crippen molar-refractivity contribution in [3.8, 4) is 0 Å². The Morgan fingerprint density at radius 3 is 2.60 bits per heavy atom. The standard InChI is InChI=1S/C15H12N2O2S/c1-10-3-5-11(6-4-10)9-20-14-12(16-2)7-8-13(17-14)15(18)19/h3-8H,9H2,1H3,(H,18,19). The van der Waals surface area contributed by atoms with E-state index in [9.17, 15) is 4.79 Å². The Kier molecular flexibility index (Phi) is 4.38. The highest BCUT2D eigenvalue weighted by atomic mass is 32.2. The summed E-state index contributed by atoms with van der Waals surface area (Å²) in [5.74, 6) is -0.433. The minimum atomic E-state index is -1.08. The maximum absolute atomic E-state index is 10.9. The van der Waals surface area contributed by atoms with Crippen molar-refractivity contribution < 1.29 is 9.90 Å². The molecule has 0 spiro atoms. The smallest absolute Gasteiger partial charge is 0.354 e. The fraction of sp³-hybridized carbons (Fsp3) is 0.133. The second kappa shape index (κ2) is 6.22. The van der Waals surface area contributed by atoms with E-state index in [4.69, 9.17) is 11.7 Å². The Bertz CT molecular complexity index is 675. The molecule has 1 aromatic heterocycles. The molecule has 2 rings (SSSR count). The van der Waals surface area contributed by atoms with Crippen LogP contribution in [0.4, 0.5) is 5.69 Å². The van der Waals surface area contributed by atoms with Gasteiger partial charge < -0.3 is 5.11 Å². The number of rotatable bonds is 4. The summed E-state index contributed by atoms with van der Waals surface area (Å²) in [6.07, 6.45) is 0. The second-order valence-corrected chi connectivity index (χ2v) is 5.18. The summed E-state index contributed by atoms with van der Waals surface area (Å²) >= 11 is 1.37. The highest BCUT2D eigenvalue weighted by molar-refractivity contribution is 7.98. The maximum Gasteiger partial charge on any atom is 0.354 e. The maximum atomic E-state index is 10.9. The average Bonchev–Trinajstić information content (AvgIpc) is 2.46. The Morgan fingerprint density at radius 2 is 2.00 bits per heavy atom. The van der Waals surface area contributed by atoms with Crippen LogP contribution in [0.1, 0.15) is 21.6 Å². The van der Waals surface area contributed by atoms with Crippen LogP contribution in [0.5, 0.6) is 0 Å². The molecule has 0 saturated heterocycles. The Labute approximate surface area is 121 Å². The molecule has 1 aromatic carbocycles. The summed E-state index contributed by atoms with van der Waals surface area (Å²) in [5, 5.41) is 9.40. The quantitative estimate of drug-likeness (QED) is 0.682. The number of nitrogens with zero attached hydrogens (tertiary/aromatic N) is 2. The molecule has 0 atom stereocenters. The largest absolute Gasteiger partial charge is 0.477 e. The monoisotopic (exact) mass is 284 g/mol. The highest BCUT2D eigenvalue weighted by Crippen LogP contribution is 2.30. The topological polar surface area (TPSA) is 54.5 Å². The molecule has 0 aliphatic rings. The molecule has 0 saturated carbocycles. The SMILES string of the molecule is [C-]#[N+]c1ccc(C(=O)O)nc1SCc1ccc(C)cc1. The third kappa shape index (κ3) is 3.37. The van der Waals surface area contributed by atoms with Gasteiger partial charge in [0.15, 0.2) is 0 Å². The Balaban J connectivity index is 2.19. The zero-order valence-electron chi connectivity index (χ0n) is 10.8. The molecule has 2 aromatic rings. The van der Waals surface area contributed by atoms with Crippen LogP contribution in [0.15, 0.2) is 41.4 Å². The van der Waals surface area contributed by atoms with Crippen LogP contribution in [0.3, 0.4) is 0 Å². The van der Waals surface area contributed by atoms with E-state index in [2.05, 4.69) is 9.83 Å². The molecule has 0 aliphatic carbocycles. The summed E-state index contributed by atoms with van der Waals surface area (Å²) in [5.41, 5.74) is 2.64. The number of hydrogen-bond donors (Lipinski definition) is 1. The lowest BCUT2D eigenvalue weighted by atomic mass is 10.2. The fourth-order valence-electron chi connectivity index (χ4n) is 1.58. The summed E-state index contributed by atoms with van der Waals surface area (Å²) < 4.78 is 0. The van der Waals surface area contributed by atoms with Gasteiger partial charge in [-0.25, -0.2) is 14.6 Å². The predicted molar refractivity (Wildman–Crippen MR) is 78.2 cm³/mol. The third-order valence-corrected chi connectivity index (χ3v) is 3.73. The van der Waals surface area contributed by atoms with Gasteiger partial charge in [0.1, 0.15) is 10.7 Å². The molecule has 0 bridgehead atoms. The van der Waals surface area contributed by atoms with E-state index >= 15 is 0 Å². The van der Waals surface area contributed by atoms with Crippen molar-refractivity contribution in [2.24, 2.45) is 0 Å². The van der Waals surface area contributed by atoms with Gasteiger partial charge in [-0.1, -0.05) is 35.9 Å². The van der Waals surface area contributed by atoms with E-state index in [1.54, 1.807) is 0 Å². The first-order chi connectivity index (χ1) is 9.60. The molecule has 0 radical (unpaired) electrons. The van der Waals surface area contributed by atoms with Crippen LogP contribution in [0, 0.1) is 13.5 Å². The van der Waals surface area contributed by atoms with Crippen LogP contribution in [-0.4, -0.2) is 16.1 Å². The Morgan fingerprint density at radius 1 is 1.30 bits per heavy atom. The first kappa shape index (κ1) is 14.1. The summed E-state index contributed by atoms with van der Waals surface area (Å²) in [6.45, 7) is 9.12. The van der Waals surface area contributed by atoms with Gasteiger partial charge in [-0.3, -0.25) is 0 Å². The van der Waals surface area contributed by atoms with Crippen molar-refractivity contribution in [3.05, 3.63) is 64.6 Å². The van der Waals surface area contributed by atoms with Gasteiger partial charge in [0.2, 0.25) is 5.69 Å². The highest BCUT2D eigenvalue weighted by Gasteiger charge is 2.11. The van der Waals surface area contributed by atoms with Crippen molar-refractivity contribution in [2.75, 3.05) is 0 Å². The number of thioether (sulfide) groups is 1. The van der Waals surface area contributed by atoms with Gasteiger partial charge in [-0.05, 0) is 18.6 Å². The average molecular weight is 284 g/mol. The van der Waals surface area contributed by atoms with Crippen LogP contribution in [-0.2, 0) is 5.75 Å². The molecule has 0 aliphatic heterocycles. The lowest BCUT2D eigenvalue weighted by Gasteiger charge is -2.05. The molecule has 1 N–H and O–H groups in total. The van der Waals surface area contributed by atoms with E-state index in [1.807, 2.05) is 31.2 Å². The van der Waals surface area contributed by atoms with Gasteiger partial charge >= 0.3 is 5.97 Å². The van der Waals surface area contributed by atoms with Crippen LogP contribution >= 0.6 is 11.8 Å². The minimum Gasteiger partial charge on any atom is -0.477 e. The molecule has 0 fully saturated rings. The number of pyridine rings is 1. The van der Waals surface area contributed by atoms with Crippen molar-refractivity contribution in [1.29, 1.82) is 0 Å². The van der Waals surface area contributed by atoms with Crippen LogP contribution in [0.2, 0.25) is 0 Å². The number of aromatic carboxylic acids is 1. The normalized spacial score (nSPS) is 10.0. The molecule has 100 valence electrons. The lowest BCUT2D eigenvalue weighted by molar-refractivity contribution is 0.0690. The number of aromatic nitrogens is 1. The van der Waals surface area contributed by atoms with Gasteiger partial charge in [0.25, 0.3) is 0 Å². The third-order valence-electron chi connectivity index (χ3n) is 2.68. The van der Waals surface area contributed by atoms with Gasteiger partial charge in [-0.2, -0.15) is 0 Å². The van der Waals surface area contributed by atoms with Crippen LogP contribution < -0.4 is 0 Å². The van der Waals surface area contributed by atoms with E-state index < -0.39 is 5.97 Å². The van der Waals surface area contributed by atoms with Crippen molar-refractivity contribution in [3.63, 3.8) is 0 Å². The summed E-state index contributed by atoms with van der Waals surface area (Å²) in [6, 6.07) is 10.9. The molecule has 0 amide bonds. The number of benzene rings is 1. The molecular formula is C15H12N2O2S. The minimum absolute atomic E-state index is 0.0381. The predicted octanol–water partition coefficient (Wildman–Crippen LogP) is 3.93. The molecule has 0 unspecified atom stereocenters. The van der Waals surface area contributed by atoms with Gasteiger partial charge in [-0.15, -0.1) is 11.8 Å².